The largest absolute Gasteiger partial charge is 0.497 e. The van der Waals surface area contributed by atoms with E-state index < -0.39 is 30.6 Å². The Morgan fingerprint density at radius 1 is 1.29 bits per heavy atom. The van der Waals surface area contributed by atoms with Crippen molar-refractivity contribution in [3.63, 3.8) is 0 Å². The van der Waals surface area contributed by atoms with Crippen LogP contribution in [0.25, 0.3) is 22.2 Å². The molecule has 3 aromatic rings. The van der Waals surface area contributed by atoms with Gasteiger partial charge in [0.1, 0.15) is 41.4 Å². The number of anilines is 1. The fourth-order valence-electron chi connectivity index (χ4n) is 3.67. The third-order valence-electron chi connectivity index (χ3n) is 5.23. The molecular formula is C19H22N4O5. The number of methoxy groups -OCH3 is 1. The first kappa shape index (κ1) is 18.6. The lowest BCUT2D eigenvalue weighted by atomic mass is 9.96. The van der Waals surface area contributed by atoms with Crippen LogP contribution in [-0.4, -0.2) is 61.4 Å². The van der Waals surface area contributed by atoms with E-state index in [9.17, 15) is 15.3 Å². The van der Waals surface area contributed by atoms with Gasteiger partial charge in [0.2, 0.25) is 0 Å². The van der Waals surface area contributed by atoms with Crippen LogP contribution in [0.2, 0.25) is 0 Å². The molecule has 1 aliphatic rings. The molecule has 5 N–H and O–H groups in total. The zero-order valence-electron chi connectivity index (χ0n) is 15.5. The van der Waals surface area contributed by atoms with Crippen molar-refractivity contribution in [3.8, 4) is 16.9 Å². The van der Waals surface area contributed by atoms with E-state index in [1.54, 1.807) is 17.9 Å². The maximum atomic E-state index is 10.9. The Hall–Kier alpha value is -2.72. The summed E-state index contributed by atoms with van der Waals surface area (Å²) in [7, 11) is 1.59. The van der Waals surface area contributed by atoms with Gasteiger partial charge in [-0.3, -0.25) is 0 Å². The fourth-order valence-corrected chi connectivity index (χ4v) is 3.67. The molecule has 1 fully saturated rings. The van der Waals surface area contributed by atoms with E-state index in [0.29, 0.717) is 16.8 Å². The second kappa shape index (κ2) is 6.71. The molecule has 0 amide bonds. The highest BCUT2D eigenvalue weighted by Gasteiger charge is 2.53. The van der Waals surface area contributed by atoms with Gasteiger partial charge >= 0.3 is 0 Å². The van der Waals surface area contributed by atoms with E-state index in [1.807, 2.05) is 24.3 Å². The maximum absolute atomic E-state index is 10.9. The Morgan fingerprint density at radius 2 is 2.00 bits per heavy atom. The molecule has 4 unspecified atom stereocenters. The summed E-state index contributed by atoms with van der Waals surface area (Å²) < 4.78 is 12.6. The van der Waals surface area contributed by atoms with Crippen molar-refractivity contribution < 1.29 is 24.8 Å². The van der Waals surface area contributed by atoms with Crippen LogP contribution in [0.15, 0.2) is 36.8 Å². The molecule has 4 atom stereocenters. The van der Waals surface area contributed by atoms with Crippen LogP contribution in [0.4, 0.5) is 5.82 Å². The van der Waals surface area contributed by atoms with Crippen molar-refractivity contribution in [2.45, 2.75) is 31.0 Å². The van der Waals surface area contributed by atoms with Gasteiger partial charge in [0.15, 0.2) is 6.23 Å². The summed E-state index contributed by atoms with van der Waals surface area (Å²) in [6.45, 7) is 1.04. The van der Waals surface area contributed by atoms with Gasteiger partial charge in [0.05, 0.1) is 19.1 Å². The van der Waals surface area contributed by atoms with Crippen LogP contribution in [0.1, 0.15) is 13.2 Å². The van der Waals surface area contributed by atoms with Gasteiger partial charge in [-0.15, -0.1) is 0 Å². The summed E-state index contributed by atoms with van der Waals surface area (Å²) in [6.07, 6.45) is -0.0632. The van der Waals surface area contributed by atoms with Crippen LogP contribution in [0, 0.1) is 0 Å². The first-order valence-corrected chi connectivity index (χ1v) is 8.80. The number of ether oxygens (including phenoxy) is 2. The Balaban J connectivity index is 1.90. The molecule has 3 heterocycles. The van der Waals surface area contributed by atoms with Gasteiger partial charge < -0.3 is 35.1 Å². The second-order valence-electron chi connectivity index (χ2n) is 7.02. The lowest BCUT2D eigenvalue weighted by Gasteiger charge is -2.27. The van der Waals surface area contributed by atoms with Gasteiger partial charge in [-0.1, -0.05) is 12.1 Å². The number of nitrogen functional groups attached to an aromatic ring is 1. The molecule has 28 heavy (non-hydrogen) atoms. The number of aliphatic hydroxyl groups excluding tert-OH is 2. The number of hydrogen-bond acceptors (Lipinski definition) is 8. The van der Waals surface area contributed by atoms with Gasteiger partial charge in [-0.05, 0) is 24.6 Å². The van der Waals surface area contributed by atoms with Crippen molar-refractivity contribution in [1.29, 1.82) is 0 Å². The van der Waals surface area contributed by atoms with Crippen molar-refractivity contribution in [1.82, 2.24) is 14.5 Å². The van der Waals surface area contributed by atoms with Crippen LogP contribution >= 0.6 is 0 Å². The first-order chi connectivity index (χ1) is 13.4. The molecule has 0 aliphatic carbocycles. The van der Waals surface area contributed by atoms with Crippen molar-refractivity contribution >= 4 is 16.9 Å². The number of hydrogen-bond donors (Lipinski definition) is 4. The average molecular weight is 386 g/mol. The predicted molar refractivity (Wildman–Crippen MR) is 102 cm³/mol. The smallest absolute Gasteiger partial charge is 0.167 e. The van der Waals surface area contributed by atoms with Crippen LogP contribution in [0.3, 0.4) is 0 Å². The Morgan fingerprint density at radius 3 is 2.61 bits per heavy atom. The van der Waals surface area contributed by atoms with Crippen LogP contribution in [0.5, 0.6) is 5.75 Å². The molecule has 148 valence electrons. The Kier molecular flexibility index (Phi) is 4.47. The third kappa shape index (κ3) is 2.71. The minimum Gasteiger partial charge on any atom is -0.497 e. The summed E-state index contributed by atoms with van der Waals surface area (Å²) in [5.41, 5.74) is 6.54. The number of aromatic nitrogens is 3. The normalized spacial score (nSPS) is 27.4. The molecule has 1 saturated heterocycles. The molecule has 0 spiro atoms. The Labute approximate surface area is 161 Å². The lowest BCUT2D eigenvalue weighted by Crippen LogP contribution is -2.44. The third-order valence-corrected chi connectivity index (χ3v) is 5.23. The SMILES string of the molecule is COc1ccc(-c2cn(C3OC(CO)C(O)C3(C)O)c3ncnc(N)c23)cc1. The summed E-state index contributed by atoms with van der Waals surface area (Å²) in [4.78, 5) is 8.41. The van der Waals surface area contributed by atoms with Crippen molar-refractivity contribution in [2.75, 3.05) is 19.5 Å². The summed E-state index contributed by atoms with van der Waals surface area (Å²) >= 11 is 0. The number of nitrogens with zero attached hydrogens (tertiary/aromatic N) is 3. The average Bonchev–Trinajstić information content (AvgIpc) is 3.18. The van der Waals surface area contributed by atoms with E-state index in [2.05, 4.69) is 9.97 Å². The number of nitrogens with two attached hydrogens (primary N) is 1. The molecule has 9 heteroatoms. The van der Waals surface area contributed by atoms with Crippen LogP contribution in [-0.2, 0) is 4.74 Å². The molecule has 0 radical (unpaired) electrons. The van der Waals surface area contributed by atoms with Crippen molar-refractivity contribution in [2.24, 2.45) is 0 Å². The summed E-state index contributed by atoms with van der Waals surface area (Å²) in [5.74, 6) is 0.999. The predicted octanol–water partition coefficient (Wildman–Crippen LogP) is 0.691. The number of benzene rings is 1. The molecular weight excluding hydrogens is 364 g/mol. The standard InChI is InChI=1S/C19H22N4O5/c1-19(26)15(25)13(8-24)28-18(19)23-7-12(10-3-5-11(27-2)6-4-10)14-16(20)21-9-22-17(14)23/h3-7,9,13,15,18,24-26H,8H2,1-2H3,(H2,20,21,22). The first-order valence-electron chi connectivity index (χ1n) is 8.80. The topological polar surface area (TPSA) is 136 Å². The van der Waals surface area contributed by atoms with Gasteiger partial charge in [0.25, 0.3) is 0 Å². The highest BCUT2D eigenvalue weighted by atomic mass is 16.6. The van der Waals surface area contributed by atoms with Gasteiger partial charge in [0, 0.05) is 11.8 Å². The molecule has 0 saturated carbocycles. The molecule has 1 aliphatic heterocycles. The molecule has 9 nitrogen and oxygen atoms in total. The molecule has 1 aromatic carbocycles. The van der Waals surface area contributed by atoms with E-state index in [4.69, 9.17) is 15.2 Å². The monoisotopic (exact) mass is 386 g/mol. The quantitative estimate of drug-likeness (QED) is 0.514. The van der Waals surface area contributed by atoms with E-state index in [1.165, 1.54) is 13.3 Å². The minimum atomic E-state index is -1.64. The van der Waals surface area contributed by atoms with E-state index in [0.717, 1.165) is 11.1 Å². The summed E-state index contributed by atoms with van der Waals surface area (Å²) in [6, 6.07) is 7.41. The molecule has 0 bridgehead atoms. The second-order valence-corrected chi connectivity index (χ2v) is 7.02. The van der Waals surface area contributed by atoms with Crippen LogP contribution < -0.4 is 10.5 Å². The molecule has 4 rings (SSSR count). The maximum Gasteiger partial charge on any atom is 0.167 e. The highest BCUT2D eigenvalue weighted by Crippen LogP contribution is 2.42. The lowest BCUT2D eigenvalue weighted by molar-refractivity contribution is -0.0948. The Bertz CT molecular complexity index is 1000. The van der Waals surface area contributed by atoms with Gasteiger partial charge in [-0.2, -0.15) is 0 Å². The zero-order chi connectivity index (χ0) is 20.1. The number of fused-ring (bicyclic) bond motifs is 1. The van der Waals surface area contributed by atoms with Gasteiger partial charge in [-0.25, -0.2) is 9.97 Å². The fraction of sp³-hybridized carbons (Fsp3) is 0.368. The summed E-state index contributed by atoms with van der Waals surface area (Å²) in [5, 5.41) is 31.3. The van der Waals surface area contributed by atoms with Crippen molar-refractivity contribution in [3.05, 3.63) is 36.8 Å². The van der Waals surface area contributed by atoms with E-state index in [-0.39, 0.29) is 5.82 Å². The molecule has 2 aromatic heterocycles. The highest BCUT2D eigenvalue weighted by molar-refractivity contribution is 6.00. The number of aliphatic hydroxyl groups is 3. The minimum absolute atomic E-state index is 0.284. The number of rotatable bonds is 4. The van der Waals surface area contributed by atoms with E-state index >= 15 is 0 Å². The zero-order valence-corrected chi connectivity index (χ0v) is 15.5.